The second-order valence-electron chi connectivity index (χ2n) is 2.20. The lowest BCUT2D eigenvalue weighted by molar-refractivity contribution is 0.0692. The highest BCUT2D eigenvalue weighted by atomic mass is 32.2. The van der Waals surface area contributed by atoms with Gasteiger partial charge in [0.05, 0.1) is 12.2 Å². The van der Waals surface area contributed by atoms with Crippen molar-refractivity contribution in [2.75, 3.05) is 12.4 Å². The van der Waals surface area contributed by atoms with Gasteiger partial charge in [0.25, 0.3) is 0 Å². The van der Waals surface area contributed by atoms with Crippen LogP contribution in [0.2, 0.25) is 0 Å². The Bertz CT molecular complexity index is 306. The first-order chi connectivity index (χ1) is 6.25. The molecule has 1 aromatic heterocycles. The lowest BCUT2D eigenvalue weighted by Gasteiger charge is -2.01. The van der Waals surface area contributed by atoms with Crippen LogP contribution in [0.1, 0.15) is 10.4 Å². The molecule has 0 spiro atoms. The van der Waals surface area contributed by atoms with Gasteiger partial charge in [0.2, 0.25) is 0 Å². The summed E-state index contributed by atoms with van der Waals surface area (Å²) in [5, 5.41) is 9.09. The minimum atomic E-state index is -1.03. The highest BCUT2D eigenvalue weighted by Gasteiger charge is 2.09. The molecule has 1 aromatic rings. The van der Waals surface area contributed by atoms with Crippen LogP contribution in [0.4, 0.5) is 4.39 Å². The van der Waals surface area contributed by atoms with E-state index in [1.807, 2.05) is 0 Å². The van der Waals surface area contributed by atoms with Gasteiger partial charge in [-0.05, 0) is 12.1 Å². The van der Waals surface area contributed by atoms with Gasteiger partial charge in [0, 0.05) is 11.9 Å². The zero-order valence-corrected chi connectivity index (χ0v) is 7.55. The van der Waals surface area contributed by atoms with E-state index < -0.39 is 12.6 Å². The van der Waals surface area contributed by atoms with E-state index >= 15 is 0 Å². The molecule has 1 N–H and O–H groups in total. The molecule has 0 amide bonds. The highest BCUT2D eigenvalue weighted by molar-refractivity contribution is 7.99. The molecule has 0 aliphatic heterocycles. The average molecular weight is 201 g/mol. The van der Waals surface area contributed by atoms with Gasteiger partial charge in [-0.25, -0.2) is 9.78 Å². The van der Waals surface area contributed by atoms with Gasteiger partial charge in [0.1, 0.15) is 5.03 Å². The van der Waals surface area contributed by atoms with Gasteiger partial charge in [0.15, 0.2) is 0 Å². The lowest BCUT2D eigenvalue weighted by atomic mass is 10.3. The molecule has 0 aliphatic rings. The number of thioether (sulfide) groups is 1. The van der Waals surface area contributed by atoms with Crippen LogP contribution >= 0.6 is 11.8 Å². The number of alkyl halides is 1. The molecule has 1 rings (SSSR count). The van der Waals surface area contributed by atoms with Gasteiger partial charge >= 0.3 is 5.97 Å². The van der Waals surface area contributed by atoms with Crippen molar-refractivity contribution in [3.8, 4) is 0 Å². The molecule has 0 saturated heterocycles. The van der Waals surface area contributed by atoms with Gasteiger partial charge in [-0.3, -0.25) is 4.39 Å². The Labute approximate surface area is 79.0 Å². The van der Waals surface area contributed by atoms with Crippen LogP contribution in [-0.4, -0.2) is 28.5 Å². The van der Waals surface area contributed by atoms with Crippen LogP contribution in [0.15, 0.2) is 23.4 Å². The Morgan fingerprint density at radius 1 is 1.69 bits per heavy atom. The maximum absolute atomic E-state index is 11.8. The predicted octanol–water partition coefficient (Wildman–Crippen LogP) is 1.84. The number of hydrogen-bond donors (Lipinski definition) is 1. The smallest absolute Gasteiger partial charge is 0.338 e. The van der Waals surface area contributed by atoms with E-state index in [0.29, 0.717) is 5.03 Å². The quantitative estimate of drug-likeness (QED) is 0.755. The topological polar surface area (TPSA) is 50.2 Å². The van der Waals surface area contributed by atoms with Crippen molar-refractivity contribution in [3.63, 3.8) is 0 Å². The third-order valence-electron chi connectivity index (χ3n) is 1.32. The number of rotatable bonds is 4. The summed E-state index contributed by atoms with van der Waals surface area (Å²) >= 11 is 1.11. The van der Waals surface area contributed by atoms with E-state index in [9.17, 15) is 9.18 Å². The van der Waals surface area contributed by atoms with Gasteiger partial charge in [-0.2, -0.15) is 0 Å². The van der Waals surface area contributed by atoms with Crippen molar-refractivity contribution < 1.29 is 14.3 Å². The molecule has 5 heteroatoms. The standard InChI is InChI=1S/C8H8FNO2S/c9-3-5-13-7-6(8(11)12)2-1-4-10-7/h1-2,4H,3,5H2,(H,11,12). The summed E-state index contributed by atoms with van der Waals surface area (Å²) in [6.07, 6.45) is 1.49. The largest absolute Gasteiger partial charge is 0.478 e. The molecule has 0 aliphatic carbocycles. The summed E-state index contributed by atoms with van der Waals surface area (Å²) in [5.41, 5.74) is 0.126. The number of carboxylic acids is 1. The fraction of sp³-hybridized carbons (Fsp3) is 0.250. The third kappa shape index (κ3) is 2.69. The van der Waals surface area contributed by atoms with Crippen molar-refractivity contribution in [2.45, 2.75) is 5.03 Å². The second kappa shape index (κ2) is 4.81. The maximum atomic E-state index is 11.8. The van der Waals surface area contributed by atoms with E-state index in [-0.39, 0.29) is 11.3 Å². The van der Waals surface area contributed by atoms with Crippen molar-refractivity contribution in [2.24, 2.45) is 0 Å². The van der Waals surface area contributed by atoms with Crippen LogP contribution < -0.4 is 0 Å². The third-order valence-corrected chi connectivity index (χ3v) is 2.27. The number of hydrogen-bond acceptors (Lipinski definition) is 3. The summed E-state index contributed by atoms with van der Waals surface area (Å²) in [4.78, 5) is 14.5. The Balaban J connectivity index is 2.84. The molecule has 70 valence electrons. The van der Waals surface area contributed by atoms with E-state index in [0.717, 1.165) is 11.8 Å². The van der Waals surface area contributed by atoms with Crippen LogP contribution in [0.25, 0.3) is 0 Å². The Hall–Kier alpha value is -1.10. The van der Waals surface area contributed by atoms with Crippen molar-refractivity contribution in [1.82, 2.24) is 4.98 Å². The van der Waals surface area contributed by atoms with Crippen LogP contribution in [0.5, 0.6) is 0 Å². The van der Waals surface area contributed by atoms with Crippen LogP contribution in [0, 0.1) is 0 Å². The summed E-state index contributed by atoms with van der Waals surface area (Å²) in [6.45, 7) is -0.486. The zero-order valence-electron chi connectivity index (χ0n) is 6.74. The molecule has 13 heavy (non-hydrogen) atoms. The average Bonchev–Trinajstić information content (AvgIpc) is 2.15. The number of carbonyl (C=O) groups is 1. The highest BCUT2D eigenvalue weighted by Crippen LogP contribution is 2.19. The van der Waals surface area contributed by atoms with Crippen LogP contribution in [-0.2, 0) is 0 Å². The number of pyridine rings is 1. The number of halogens is 1. The molecule has 0 bridgehead atoms. The predicted molar refractivity (Wildman–Crippen MR) is 47.9 cm³/mol. The normalized spacial score (nSPS) is 9.92. The minimum Gasteiger partial charge on any atom is -0.478 e. The number of carboxylic acid groups (broad SMARTS) is 1. The minimum absolute atomic E-state index is 0.126. The molecule has 1 heterocycles. The fourth-order valence-electron chi connectivity index (χ4n) is 0.804. The monoisotopic (exact) mass is 201 g/mol. The molecule has 0 fully saturated rings. The van der Waals surface area contributed by atoms with E-state index in [1.54, 1.807) is 6.07 Å². The molecule has 0 radical (unpaired) electrons. The van der Waals surface area contributed by atoms with E-state index in [1.165, 1.54) is 12.3 Å². The fourth-order valence-corrected chi connectivity index (χ4v) is 1.52. The lowest BCUT2D eigenvalue weighted by Crippen LogP contribution is -2.00. The molecule has 0 unspecified atom stereocenters. The SMILES string of the molecule is O=C(O)c1cccnc1SCCF. The molecule has 0 atom stereocenters. The summed E-state index contributed by atoms with van der Waals surface area (Å²) in [7, 11) is 0. The number of nitrogens with zero attached hydrogens (tertiary/aromatic N) is 1. The Kier molecular flexibility index (Phi) is 3.70. The zero-order chi connectivity index (χ0) is 9.68. The molecular formula is C8H8FNO2S. The molecule has 3 nitrogen and oxygen atoms in total. The first-order valence-corrected chi connectivity index (χ1v) is 4.61. The maximum Gasteiger partial charge on any atom is 0.338 e. The molecule has 0 saturated carbocycles. The van der Waals surface area contributed by atoms with E-state index in [2.05, 4.69) is 4.98 Å². The second-order valence-corrected chi connectivity index (χ2v) is 3.28. The van der Waals surface area contributed by atoms with Gasteiger partial charge in [-0.1, -0.05) is 0 Å². The van der Waals surface area contributed by atoms with Gasteiger partial charge in [-0.15, -0.1) is 11.8 Å². The number of aromatic carboxylic acids is 1. The Morgan fingerprint density at radius 3 is 3.08 bits per heavy atom. The van der Waals surface area contributed by atoms with E-state index in [4.69, 9.17) is 5.11 Å². The van der Waals surface area contributed by atoms with Crippen LogP contribution in [0.3, 0.4) is 0 Å². The summed E-state index contributed by atoms with van der Waals surface area (Å²) < 4.78 is 11.8. The first kappa shape index (κ1) is 9.98. The van der Waals surface area contributed by atoms with Crippen molar-refractivity contribution >= 4 is 17.7 Å². The molecule has 0 aromatic carbocycles. The number of aromatic nitrogens is 1. The van der Waals surface area contributed by atoms with Crippen molar-refractivity contribution in [1.29, 1.82) is 0 Å². The molecular weight excluding hydrogens is 193 g/mol. The first-order valence-electron chi connectivity index (χ1n) is 3.62. The van der Waals surface area contributed by atoms with Crippen molar-refractivity contribution in [3.05, 3.63) is 23.9 Å². The summed E-state index contributed by atoms with van der Waals surface area (Å²) in [6, 6.07) is 3.00. The van der Waals surface area contributed by atoms with Gasteiger partial charge < -0.3 is 5.11 Å². The summed E-state index contributed by atoms with van der Waals surface area (Å²) in [5.74, 6) is -0.799. The Morgan fingerprint density at radius 2 is 2.46 bits per heavy atom.